The standard InChI is InChI=1S/C15H23ClN2O2S/c1-12-14(9-16)5-4-6-15(12)21(19,20)18(3)11-13-7-8-17(2)10-13/h4-6,13H,7-11H2,1-3H3. The summed E-state index contributed by atoms with van der Waals surface area (Å²) < 4.78 is 27.0. The average molecular weight is 331 g/mol. The highest BCUT2D eigenvalue weighted by atomic mass is 35.5. The molecule has 118 valence electrons. The summed E-state index contributed by atoms with van der Waals surface area (Å²) in [7, 11) is 0.288. The maximum absolute atomic E-state index is 12.8. The van der Waals surface area contributed by atoms with E-state index in [1.165, 1.54) is 4.31 Å². The van der Waals surface area contributed by atoms with E-state index >= 15 is 0 Å². The Morgan fingerprint density at radius 1 is 1.43 bits per heavy atom. The zero-order valence-corrected chi connectivity index (χ0v) is 14.4. The number of hydrogen-bond donors (Lipinski definition) is 0. The Kier molecular flexibility index (Phi) is 5.30. The molecule has 1 unspecified atom stereocenters. The van der Waals surface area contributed by atoms with E-state index in [-0.39, 0.29) is 0 Å². The van der Waals surface area contributed by atoms with E-state index in [4.69, 9.17) is 11.6 Å². The molecule has 21 heavy (non-hydrogen) atoms. The van der Waals surface area contributed by atoms with Crippen LogP contribution in [0.2, 0.25) is 0 Å². The van der Waals surface area contributed by atoms with Crippen molar-refractivity contribution in [3.05, 3.63) is 29.3 Å². The third-order valence-corrected chi connectivity index (χ3v) is 6.49. The van der Waals surface area contributed by atoms with Crippen molar-refractivity contribution in [2.75, 3.05) is 33.7 Å². The van der Waals surface area contributed by atoms with E-state index in [9.17, 15) is 8.42 Å². The van der Waals surface area contributed by atoms with E-state index < -0.39 is 10.0 Å². The minimum atomic E-state index is -3.45. The molecule has 0 bridgehead atoms. The molecule has 4 nitrogen and oxygen atoms in total. The molecule has 2 rings (SSSR count). The van der Waals surface area contributed by atoms with Crippen molar-refractivity contribution in [2.45, 2.75) is 24.1 Å². The molecule has 0 aliphatic carbocycles. The fourth-order valence-corrected chi connectivity index (χ4v) is 4.69. The summed E-state index contributed by atoms with van der Waals surface area (Å²) >= 11 is 5.87. The Morgan fingerprint density at radius 3 is 2.71 bits per heavy atom. The van der Waals surface area contributed by atoms with E-state index in [1.807, 2.05) is 13.0 Å². The van der Waals surface area contributed by atoms with Gasteiger partial charge in [0.2, 0.25) is 10.0 Å². The molecule has 0 amide bonds. The first kappa shape index (κ1) is 16.7. The number of rotatable bonds is 5. The van der Waals surface area contributed by atoms with E-state index in [1.54, 1.807) is 19.2 Å². The van der Waals surface area contributed by atoms with Crippen molar-refractivity contribution in [1.29, 1.82) is 0 Å². The summed E-state index contributed by atoms with van der Waals surface area (Å²) in [6.45, 7) is 4.39. The second-order valence-electron chi connectivity index (χ2n) is 5.88. The van der Waals surface area contributed by atoms with Crippen molar-refractivity contribution < 1.29 is 8.42 Å². The van der Waals surface area contributed by atoms with Gasteiger partial charge in [0, 0.05) is 26.0 Å². The maximum atomic E-state index is 12.8. The minimum absolute atomic E-state index is 0.326. The number of alkyl halides is 1. The summed E-state index contributed by atoms with van der Waals surface area (Å²) in [5.41, 5.74) is 1.62. The van der Waals surface area contributed by atoms with Gasteiger partial charge in [-0.25, -0.2) is 12.7 Å². The van der Waals surface area contributed by atoms with Crippen LogP contribution in [0.25, 0.3) is 0 Å². The molecule has 1 atom stereocenters. The van der Waals surface area contributed by atoms with E-state index in [0.717, 1.165) is 30.6 Å². The molecule has 1 aromatic carbocycles. The summed E-state index contributed by atoms with van der Waals surface area (Å²) in [6, 6.07) is 5.29. The lowest BCUT2D eigenvalue weighted by molar-refractivity contribution is 0.356. The van der Waals surface area contributed by atoms with Gasteiger partial charge in [0.1, 0.15) is 0 Å². The SMILES string of the molecule is Cc1c(CCl)cccc1S(=O)(=O)N(C)CC1CCN(C)C1. The first-order chi connectivity index (χ1) is 9.86. The molecule has 1 fully saturated rings. The van der Waals surface area contributed by atoms with Crippen LogP contribution < -0.4 is 0 Å². The fourth-order valence-electron chi connectivity index (χ4n) is 2.89. The molecule has 0 N–H and O–H groups in total. The van der Waals surface area contributed by atoms with Crippen LogP contribution in [0.3, 0.4) is 0 Å². The van der Waals surface area contributed by atoms with Gasteiger partial charge in [-0.2, -0.15) is 0 Å². The largest absolute Gasteiger partial charge is 0.306 e. The Balaban J connectivity index is 2.21. The summed E-state index contributed by atoms with van der Waals surface area (Å²) in [6.07, 6.45) is 1.05. The Labute approximate surface area is 132 Å². The summed E-state index contributed by atoms with van der Waals surface area (Å²) in [5, 5.41) is 0. The van der Waals surface area contributed by atoms with Crippen LogP contribution in [-0.2, 0) is 15.9 Å². The molecule has 1 heterocycles. The van der Waals surface area contributed by atoms with Crippen molar-refractivity contribution in [3.63, 3.8) is 0 Å². The van der Waals surface area contributed by atoms with Gasteiger partial charge in [-0.3, -0.25) is 0 Å². The minimum Gasteiger partial charge on any atom is -0.306 e. The predicted octanol–water partition coefficient (Wildman–Crippen LogP) is 2.31. The molecular formula is C15H23ClN2O2S. The van der Waals surface area contributed by atoms with Crippen LogP contribution in [0.4, 0.5) is 0 Å². The number of benzene rings is 1. The summed E-state index contributed by atoms with van der Waals surface area (Å²) in [5.74, 6) is 0.734. The van der Waals surface area contributed by atoms with Crippen molar-refractivity contribution in [3.8, 4) is 0 Å². The topological polar surface area (TPSA) is 40.6 Å². The van der Waals surface area contributed by atoms with E-state index in [0.29, 0.717) is 23.2 Å². The molecule has 6 heteroatoms. The second kappa shape index (κ2) is 6.65. The lowest BCUT2D eigenvalue weighted by Crippen LogP contribution is -2.33. The predicted molar refractivity (Wildman–Crippen MR) is 86.2 cm³/mol. The van der Waals surface area contributed by atoms with Crippen molar-refractivity contribution in [2.24, 2.45) is 5.92 Å². The van der Waals surface area contributed by atoms with Crippen LogP contribution in [0, 0.1) is 12.8 Å². The Hall–Kier alpha value is -0.620. The zero-order chi connectivity index (χ0) is 15.6. The average Bonchev–Trinajstić information content (AvgIpc) is 2.84. The lowest BCUT2D eigenvalue weighted by Gasteiger charge is -2.22. The zero-order valence-electron chi connectivity index (χ0n) is 12.8. The number of likely N-dealkylation sites (tertiary alicyclic amines) is 1. The van der Waals surface area contributed by atoms with E-state index in [2.05, 4.69) is 11.9 Å². The molecule has 1 aliphatic heterocycles. The van der Waals surface area contributed by atoms with Crippen LogP contribution >= 0.6 is 11.6 Å². The molecule has 0 spiro atoms. The molecule has 0 radical (unpaired) electrons. The molecule has 0 saturated carbocycles. The third kappa shape index (κ3) is 3.59. The fraction of sp³-hybridized carbons (Fsp3) is 0.600. The Morgan fingerprint density at radius 2 is 2.14 bits per heavy atom. The van der Waals surface area contributed by atoms with Gasteiger partial charge in [0.15, 0.2) is 0 Å². The van der Waals surface area contributed by atoms with Crippen molar-refractivity contribution in [1.82, 2.24) is 9.21 Å². The lowest BCUT2D eigenvalue weighted by atomic mass is 10.1. The highest BCUT2D eigenvalue weighted by Gasteiger charge is 2.28. The molecule has 1 saturated heterocycles. The van der Waals surface area contributed by atoms with Crippen LogP contribution in [0.1, 0.15) is 17.5 Å². The number of nitrogens with zero attached hydrogens (tertiary/aromatic N) is 2. The van der Waals surface area contributed by atoms with Gasteiger partial charge in [-0.15, -0.1) is 11.6 Å². The molecule has 1 aromatic rings. The van der Waals surface area contributed by atoms with Gasteiger partial charge in [-0.1, -0.05) is 12.1 Å². The van der Waals surface area contributed by atoms with Gasteiger partial charge in [-0.05, 0) is 50.0 Å². The van der Waals surface area contributed by atoms with Gasteiger partial charge in [0.25, 0.3) is 0 Å². The van der Waals surface area contributed by atoms with Crippen molar-refractivity contribution >= 4 is 21.6 Å². The number of hydrogen-bond acceptors (Lipinski definition) is 3. The van der Waals surface area contributed by atoms with Gasteiger partial charge >= 0.3 is 0 Å². The molecular weight excluding hydrogens is 308 g/mol. The Bertz CT molecular complexity index is 604. The normalized spacial score (nSPS) is 20.3. The quantitative estimate of drug-likeness (QED) is 0.778. The summed E-state index contributed by atoms with van der Waals surface area (Å²) in [4.78, 5) is 2.61. The highest BCUT2D eigenvalue weighted by Crippen LogP contribution is 2.25. The number of halogens is 1. The third-order valence-electron chi connectivity index (χ3n) is 4.23. The molecule has 0 aromatic heterocycles. The highest BCUT2D eigenvalue weighted by molar-refractivity contribution is 7.89. The van der Waals surface area contributed by atoms with Gasteiger partial charge in [0.05, 0.1) is 4.90 Å². The first-order valence-electron chi connectivity index (χ1n) is 7.15. The van der Waals surface area contributed by atoms with Crippen LogP contribution in [0.5, 0.6) is 0 Å². The second-order valence-corrected chi connectivity index (χ2v) is 8.16. The first-order valence-corrected chi connectivity index (χ1v) is 9.13. The maximum Gasteiger partial charge on any atom is 0.243 e. The monoisotopic (exact) mass is 330 g/mol. The smallest absolute Gasteiger partial charge is 0.243 e. The van der Waals surface area contributed by atoms with Crippen LogP contribution in [0.15, 0.2) is 23.1 Å². The van der Waals surface area contributed by atoms with Gasteiger partial charge < -0.3 is 4.90 Å². The number of sulfonamides is 1. The van der Waals surface area contributed by atoms with Crippen LogP contribution in [-0.4, -0.2) is 51.4 Å². The molecule has 1 aliphatic rings.